The van der Waals surface area contributed by atoms with E-state index in [1.54, 1.807) is 0 Å². The summed E-state index contributed by atoms with van der Waals surface area (Å²) in [7, 11) is 0. The monoisotopic (exact) mass is 443 g/mol. The average molecular weight is 444 g/mol. The second-order valence-corrected chi connectivity index (χ2v) is 9.06. The van der Waals surface area contributed by atoms with Gasteiger partial charge in [0.15, 0.2) is 0 Å². The van der Waals surface area contributed by atoms with E-state index in [0.29, 0.717) is 17.7 Å². The lowest BCUT2D eigenvalue weighted by Gasteiger charge is -2.19. The first-order valence-electron chi connectivity index (χ1n) is 10.3. The molecule has 7 nitrogen and oxygen atoms in total. The second-order valence-electron chi connectivity index (χ2n) is 9.06. The molecular weight excluding hydrogens is 413 g/mol. The third-order valence-electron chi connectivity index (χ3n) is 4.78. The Labute approximate surface area is 187 Å². The van der Waals surface area contributed by atoms with Gasteiger partial charge in [-0.15, -0.1) is 0 Å². The molecule has 0 aliphatic carbocycles. The smallest absolute Gasteiger partial charge is 0.251 e. The maximum absolute atomic E-state index is 14.6. The molecule has 3 amide bonds. The van der Waals surface area contributed by atoms with E-state index in [1.165, 1.54) is 38.1 Å². The molecule has 0 aliphatic heterocycles. The van der Waals surface area contributed by atoms with Gasteiger partial charge in [-0.25, -0.2) is 4.39 Å². The lowest BCUT2D eigenvalue weighted by molar-refractivity contribution is 0.0921. The molecule has 0 fully saturated rings. The second kappa shape index (κ2) is 9.91. The van der Waals surface area contributed by atoms with Crippen LogP contribution in [0.15, 0.2) is 30.3 Å². The van der Waals surface area contributed by atoms with Crippen molar-refractivity contribution >= 4 is 17.7 Å². The maximum Gasteiger partial charge on any atom is 0.251 e. The number of aliphatic hydroxyl groups excluding tert-OH is 1. The molecule has 0 saturated heterocycles. The molecule has 2 rings (SSSR count). The van der Waals surface area contributed by atoms with E-state index in [-0.39, 0.29) is 40.1 Å². The Hall–Kier alpha value is -3.26. The summed E-state index contributed by atoms with van der Waals surface area (Å²) in [5, 5.41) is 14.7. The zero-order valence-electron chi connectivity index (χ0n) is 19.0. The van der Waals surface area contributed by atoms with E-state index in [4.69, 9.17) is 5.73 Å². The van der Waals surface area contributed by atoms with Gasteiger partial charge < -0.3 is 21.5 Å². The zero-order chi connectivity index (χ0) is 24.2. The number of rotatable bonds is 7. The van der Waals surface area contributed by atoms with Crippen molar-refractivity contribution in [1.82, 2.24) is 10.6 Å². The van der Waals surface area contributed by atoms with Crippen LogP contribution in [0, 0.1) is 18.2 Å². The van der Waals surface area contributed by atoms with Crippen LogP contribution in [-0.2, 0) is 0 Å². The fourth-order valence-electron chi connectivity index (χ4n) is 3.00. The highest BCUT2D eigenvalue weighted by Crippen LogP contribution is 2.30. The highest BCUT2D eigenvalue weighted by Gasteiger charge is 2.20. The fraction of sp³-hybridized carbons (Fsp3) is 0.375. The van der Waals surface area contributed by atoms with Crippen LogP contribution in [-0.4, -0.2) is 42.0 Å². The number of aliphatic hydroxyl groups is 1. The molecule has 2 aromatic rings. The van der Waals surface area contributed by atoms with Gasteiger partial charge in [-0.2, -0.15) is 0 Å². The van der Waals surface area contributed by atoms with Crippen molar-refractivity contribution in [1.29, 1.82) is 0 Å². The first kappa shape index (κ1) is 25.0. The quantitative estimate of drug-likeness (QED) is 0.526. The van der Waals surface area contributed by atoms with Crippen molar-refractivity contribution in [3.8, 4) is 11.1 Å². The lowest BCUT2D eigenvalue weighted by atomic mass is 9.92. The maximum atomic E-state index is 14.6. The fourth-order valence-corrected chi connectivity index (χ4v) is 3.00. The van der Waals surface area contributed by atoms with Crippen LogP contribution in [0.25, 0.3) is 11.1 Å². The number of primary amides is 1. The van der Waals surface area contributed by atoms with Gasteiger partial charge in [-0.05, 0) is 60.2 Å². The molecule has 0 bridgehead atoms. The predicted octanol–water partition coefficient (Wildman–Crippen LogP) is 2.79. The Morgan fingerprint density at radius 1 is 1.03 bits per heavy atom. The number of amides is 3. The molecule has 0 aromatic heterocycles. The third kappa shape index (κ3) is 6.37. The summed E-state index contributed by atoms with van der Waals surface area (Å²) in [6.07, 6.45) is -0.757. The molecule has 5 N–H and O–H groups in total. The van der Waals surface area contributed by atoms with Gasteiger partial charge in [0.2, 0.25) is 5.91 Å². The number of benzene rings is 2. The van der Waals surface area contributed by atoms with E-state index in [9.17, 15) is 23.9 Å². The van der Waals surface area contributed by atoms with Crippen molar-refractivity contribution in [2.75, 3.05) is 13.1 Å². The van der Waals surface area contributed by atoms with Gasteiger partial charge >= 0.3 is 0 Å². The normalized spacial score (nSPS) is 12.2. The van der Waals surface area contributed by atoms with Crippen LogP contribution < -0.4 is 16.4 Å². The molecule has 32 heavy (non-hydrogen) atoms. The standard InChI is InChI=1S/C24H30FN3O4/c1-13(29)11-27-23(32)16-9-18(14(2)20(25)10-16)17-7-6-15(8-19(17)21(26)30)22(31)28-12-24(3,4)5/h6-10,13,29H,11-12H2,1-5H3,(H2,26,30)(H,27,32)(H,28,31)/t13-/m0/s1. The zero-order valence-corrected chi connectivity index (χ0v) is 19.0. The summed E-state index contributed by atoms with van der Waals surface area (Å²) in [4.78, 5) is 37.1. The molecule has 0 saturated carbocycles. The molecule has 2 aromatic carbocycles. The number of halogens is 1. The van der Waals surface area contributed by atoms with Crippen LogP contribution in [0.2, 0.25) is 0 Å². The Morgan fingerprint density at radius 2 is 1.66 bits per heavy atom. The van der Waals surface area contributed by atoms with Crippen molar-refractivity contribution in [3.05, 3.63) is 58.4 Å². The summed E-state index contributed by atoms with van der Waals surface area (Å²) >= 11 is 0. The molecular formula is C24H30FN3O4. The van der Waals surface area contributed by atoms with Gasteiger partial charge in [0, 0.05) is 29.8 Å². The summed E-state index contributed by atoms with van der Waals surface area (Å²) in [6, 6.07) is 6.96. The van der Waals surface area contributed by atoms with Gasteiger partial charge in [0.25, 0.3) is 11.8 Å². The number of hydrogen-bond acceptors (Lipinski definition) is 4. The minimum absolute atomic E-state index is 0.00850. The first-order chi connectivity index (χ1) is 14.8. The SMILES string of the molecule is Cc1c(F)cc(C(=O)NC[C@H](C)O)cc1-c1ccc(C(=O)NCC(C)(C)C)cc1C(N)=O. The molecule has 0 heterocycles. The number of carbonyl (C=O) groups excluding carboxylic acids is 3. The van der Waals surface area contributed by atoms with Gasteiger partial charge in [0.1, 0.15) is 5.82 Å². The van der Waals surface area contributed by atoms with Crippen molar-refractivity contribution in [2.45, 2.75) is 40.7 Å². The largest absolute Gasteiger partial charge is 0.392 e. The van der Waals surface area contributed by atoms with Crippen LogP contribution in [0.5, 0.6) is 0 Å². The first-order valence-corrected chi connectivity index (χ1v) is 10.3. The molecule has 1 atom stereocenters. The predicted molar refractivity (Wildman–Crippen MR) is 121 cm³/mol. The summed E-state index contributed by atoms with van der Waals surface area (Å²) < 4.78 is 14.6. The Bertz CT molecular complexity index is 1040. The third-order valence-corrected chi connectivity index (χ3v) is 4.78. The Kier molecular flexibility index (Phi) is 7.74. The van der Waals surface area contributed by atoms with Crippen LogP contribution in [0.1, 0.15) is 64.3 Å². The number of nitrogens with one attached hydrogen (secondary N) is 2. The highest BCUT2D eigenvalue weighted by atomic mass is 19.1. The van der Waals surface area contributed by atoms with Gasteiger partial charge in [-0.1, -0.05) is 26.8 Å². The average Bonchev–Trinajstić information content (AvgIpc) is 2.71. The van der Waals surface area contributed by atoms with Crippen molar-refractivity contribution in [2.24, 2.45) is 11.1 Å². The van der Waals surface area contributed by atoms with Crippen LogP contribution >= 0.6 is 0 Å². The van der Waals surface area contributed by atoms with Crippen LogP contribution in [0.3, 0.4) is 0 Å². The summed E-state index contributed by atoms with van der Waals surface area (Å²) in [6.45, 7) is 9.42. The van der Waals surface area contributed by atoms with Gasteiger partial charge in [-0.3, -0.25) is 14.4 Å². The lowest BCUT2D eigenvalue weighted by Crippen LogP contribution is -2.32. The van der Waals surface area contributed by atoms with E-state index in [1.807, 2.05) is 20.8 Å². The molecule has 0 unspecified atom stereocenters. The minimum Gasteiger partial charge on any atom is -0.392 e. The molecule has 8 heteroatoms. The topological polar surface area (TPSA) is 122 Å². The van der Waals surface area contributed by atoms with E-state index < -0.39 is 23.7 Å². The van der Waals surface area contributed by atoms with Crippen molar-refractivity contribution < 1.29 is 23.9 Å². The molecule has 172 valence electrons. The minimum atomic E-state index is -0.783. The van der Waals surface area contributed by atoms with E-state index in [0.717, 1.165) is 6.07 Å². The van der Waals surface area contributed by atoms with E-state index in [2.05, 4.69) is 10.6 Å². The summed E-state index contributed by atoms with van der Waals surface area (Å²) in [5.41, 5.74) is 6.61. The van der Waals surface area contributed by atoms with Crippen molar-refractivity contribution in [3.63, 3.8) is 0 Å². The Balaban J connectivity index is 2.49. The number of nitrogens with two attached hydrogens (primary N) is 1. The molecule has 0 spiro atoms. The highest BCUT2D eigenvalue weighted by molar-refractivity contribution is 6.04. The summed E-state index contributed by atoms with van der Waals surface area (Å²) in [5.74, 6) is -2.34. The Morgan fingerprint density at radius 3 is 2.22 bits per heavy atom. The number of hydrogen-bond donors (Lipinski definition) is 4. The van der Waals surface area contributed by atoms with Crippen LogP contribution in [0.4, 0.5) is 4.39 Å². The van der Waals surface area contributed by atoms with E-state index >= 15 is 0 Å². The molecule has 0 aliphatic rings. The number of carbonyl (C=O) groups is 3. The van der Waals surface area contributed by atoms with Gasteiger partial charge in [0.05, 0.1) is 6.10 Å². The molecule has 0 radical (unpaired) electrons.